The van der Waals surface area contributed by atoms with Crippen LogP contribution in [0.2, 0.25) is 0 Å². The van der Waals surface area contributed by atoms with Gasteiger partial charge in [0, 0.05) is 6.92 Å². The van der Waals surface area contributed by atoms with Crippen molar-refractivity contribution >= 4 is 11.5 Å². The number of Topliss-reactive ketones (excluding diaryl/α,β-unsaturated/α-hetero) is 1. The second-order valence-corrected chi connectivity index (χ2v) is 3.45. The van der Waals surface area contributed by atoms with Gasteiger partial charge in [-0.25, -0.2) is 0 Å². The van der Waals surface area contributed by atoms with E-state index in [1.807, 2.05) is 25.1 Å². The first-order valence-electron chi connectivity index (χ1n) is 5.01. The summed E-state index contributed by atoms with van der Waals surface area (Å²) in [6.07, 6.45) is 0. The van der Waals surface area contributed by atoms with E-state index in [1.165, 1.54) is 14.0 Å². The summed E-state index contributed by atoms with van der Waals surface area (Å²) < 4.78 is 4.77. The molecule has 1 N–H and O–H groups in total. The van der Waals surface area contributed by atoms with Crippen LogP contribution in [0, 0.1) is 6.92 Å². The highest BCUT2D eigenvalue weighted by Gasteiger charge is 2.09. The molecular formula is C12H14N2O3. The third-order valence-corrected chi connectivity index (χ3v) is 1.99. The lowest BCUT2D eigenvalue weighted by Gasteiger charge is -2.00. The van der Waals surface area contributed by atoms with E-state index in [-0.39, 0.29) is 5.88 Å². The molecule has 0 aromatic heterocycles. The number of azo groups is 1. The first kappa shape index (κ1) is 12.9. The lowest BCUT2D eigenvalue weighted by atomic mass is 10.2. The third kappa shape index (κ3) is 3.71. The van der Waals surface area contributed by atoms with Crippen LogP contribution < -0.4 is 0 Å². The Bertz CT molecular complexity index is 478. The molecule has 0 radical (unpaired) electrons. The zero-order chi connectivity index (χ0) is 12.8. The summed E-state index contributed by atoms with van der Waals surface area (Å²) in [5.41, 5.74) is 1.66. The second-order valence-electron chi connectivity index (χ2n) is 3.45. The summed E-state index contributed by atoms with van der Waals surface area (Å²) in [6, 6.07) is 7.35. The smallest absolute Gasteiger partial charge is 0.279 e. The number of hydrogen-bond acceptors (Lipinski definition) is 5. The Kier molecular flexibility index (Phi) is 4.39. The molecule has 1 aromatic rings. The molecule has 0 amide bonds. The average Bonchev–Trinajstić information content (AvgIpc) is 2.29. The molecule has 5 heteroatoms. The molecule has 17 heavy (non-hydrogen) atoms. The fraction of sp³-hybridized carbons (Fsp3) is 0.250. The van der Waals surface area contributed by atoms with Gasteiger partial charge >= 0.3 is 0 Å². The normalized spacial score (nSPS) is 12.4. The summed E-state index contributed by atoms with van der Waals surface area (Å²) in [5, 5.41) is 16.9. The molecular weight excluding hydrogens is 220 g/mol. The summed E-state index contributed by atoms with van der Waals surface area (Å²) in [5.74, 6) is -1.26. The van der Waals surface area contributed by atoms with Gasteiger partial charge in [-0.1, -0.05) is 12.1 Å². The van der Waals surface area contributed by atoms with Gasteiger partial charge in [-0.15, -0.1) is 10.2 Å². The van der Waals surface area contributed by atoms with Gasteiger partial charge in [0.2, 0.25) is 5.76 Å². The molecule has 0 fully saturated rings. The van der Waals surface area contributed by atoms with E-state index in [4.69, 9.17) is 4.74 Å². The molecule has 0 bridgehead atoms. The molecule has 0 saturated heterocycles. The van der Waals surface area contributed by atoms with E-state index in [0.717, 1.165) is 5.56 Å². The Morgan fingerprint density at radius 2 is 2.12 bits per heavy atom. The molecule has 0 saturated carbocycles. The van der Waals surface area contributed by atoms with Crippen molar-refractivity contribution in [2.45, 2.75) is 13.8 Å². The molecule has 1 rings (SSSR count). The molecule has 0 aliphatic heterocycles. The Morgan fingerprint density at radius 1 is 1.41 bits per heavy atom. The van der Waals surface area contributed by atoms with E-state index >= 15 is 0 Å². The highest BCUT2D eigenvalue weighted by atomic mass is 16.5. The SMILES string of the molecule is COC(N=Nc1cccc(C)c1)=C(O)C(C)=O. The van der Waals surface area contributed by atoms with Crippen LogP contribution in [-0.4, -0.2) is 18.0 Å². The number of carbonyl (C=O) groups excluding carboxylic acids is 1. The minimum absolute atomic E-state index is 0.195. The topological polar surface area (TPSA) is 71.2 Å². The van der Waals surface area contributed by atoms with Crippen LogP contribution >= 0.6 is 0 Å². The average molecular weight is 234 g/mol. The van der Waals surface area contributed by atoms with E-state index < -0.39 is 11.5 Å². The van der Waals surface area contributed by atoms with Gasteiger partial charge in [0.25, 0.3) is 5.88 Å². The van der Waals surface area contributed by atoms with Crippen molar-refractivity contribution < 1.29 is 14.6 Å². The quantitative estimate of drug-likeness (QED) is 0.494. The van der Waals surface area contributed by atoms with Gasteiger partial charge in [-0.3, -0.25) is 4.79 Å². The van der Waals surface area contributed by atoms with E-state index in [0.29, 0.717) is 5.69 Å². The second kappa shape index (κ2) is 5.79. The number of aliphatic hydroxyl groups is 1. The van der Waals surface area contributed by atoms with Gasteiger partial charge in [0.05, 0.1) is 12.8 Å². The molecule has 0 aliphatic rings. The van der Waals surface area contributed by atoms with Crippen LogP contribution in [-0.2, 0) is 9.53 Å². The van der Waals surface area contributed by atoms with Crippen LogP contribution in [0.25, 0.3) is 0 Å². The maximum Gasteiger partial charge on any atom is 0.279 e. The predicted octanol–water partition coefficient (Wildman–Crippen LogP) is 3.04. The number of ether oxygens (including phenoxy) is 1. The Balaban J connectivity index is 2.97. The number of aryl methyl sites for hydroxylation is 1. The molecule has 0 unspecified atom stereocenters. The summed E-state index contributed by atoms with van der Waals surface area (Å²) >= 11 is 0. The van der Waals surface area contributed by atoms with Crippen LogP contribution in [0.3, 0.4) is 0 Å². The Hall–Kier alpha value is -2.17. The van der Waals surface area contributed by atoms with E-state index in [9.17, 15) is 9.90 Å². The van der Waals surface area contributed by atoms with Gasteiger partial charge in [0.15, 0.2) is 5.78 Å². The van der Waals surface area contributed by atoms with Crippen molar-refractivity contribution in [1.82, 2.24) is 0 Å². The van der Waals surface area contributed by atoms with E-state index in [1.54, 1.807) is 6.07 Å². The maximum absolute atomic E-state index is 10.9. The predicted molar refractivity (Wildman–Crippen MR) is 63.0 cm³/mol. The monoisotopic (exact) mass is 234 g/mol. The van der Waals surface area contributed by atoms with Crippen LogP contribution in [0.4, 0.5) is 5.69 Å². The fourth-order valence-corrected chi connectivity index (χ4v) is 1.13. The number of methoxy groups -OCH3 is 1. The molecule has 0 spiro atoms. The van der Waals surface area contributed by atoms with Crippen molar-refractivity contribution in [2.24, 2.45) is 10.2 Å². The molecule has 1 aromatic carbocycles. The van der Waals surface area contributed by atoms with Gasteiger partial charge < -0.3 is 9.84 Å². The first-order valence-corrected chi connectivity index (χ1v) is 5.01. The Labute approximate surface area is 99.4 Å². The maximum atomic E-state index is 10.9. The van der Waals surface area contributed by atoms with Crippen LogP contribution in [0.5, 0.6) is 0 Å². The zero-order valence-electron chi connectivity index (χ0n) is 9.97. The minimum atomic E-state index is -0.538. The lowest BCUT2D eigenvalue weighted by Crippen LogP contribution is -2.00. The first-order chi connectivity index (χ1) is 8.04. The standard InChI is InChI=1S/C12H14N2O3/c1-8-5-4-6-10(7-8)13-14-12(17-3)11(16)9(2)15/h4-7,16H,1-3H3. The molecule has 5 nitrogen and oxygen atoms in total. The van der Waals surface area contributed by atoms with Crippen molar-refractivity contribution in [3.05, 3.63) is 41.5 Å². The minimum Gasteiger partial charge on any atom is -0.501 e. The van der Waals surface area contributed by atoms with Gasteiger partial charge in [0.1, 0.15) is 0 Å². The number of allylic oxidation sites excluding steroid dienone is 1. The number of nitrogens with zero attached hydrogens (tertiary/aromatic N) is 2. The van der Waals surface area contributed by atoms with Crippen molar-refractivity contribution in [3.63, 3.8) is 0 Å². The largest absolute Gasteiger partial charge is 0.501 e. The van der Waals surface area contributed by atoms with Crippen molar-refractivity contribution in [1.29, 1.82) is 0 Å². The van der Waals surface area contributed by atoms with E-state index in [2.05, 4.69) is 10.2 Å². The molecule has 0 atom stereocenters. The summed E-state index contributed by atoms with van der Waals surface area (Å²) in [4.78, 5) is 10.9. The number of aliphatic hydroxyl groups excluding tert-OH is 1. The summed E-state index contributed by atoms with van der Waals surface area (Å²) in [6.45, 7) is 3.15. The van der Waals surface area contributed by atoms with Crippen LogP contribution in [0.1, 0.15) is 12.5 Å². The molecule has 0 heterocycles. The van der Waals surface area contributed by atoms with Gasteiger partial charge in [-0.2, -0.15) is 0 Å². The molecule has 90 valence electrons. The highest BCUT2D eigenvalue weighted by Crippen LogP contribution is 2.16. The fourth-order valence-electron chi connectivity index (χ4n) is 1.13. The molecule has 0 aliphatic carbocycles. The number of ketones is 1. The number of benzene rings is 1. The zero-order valence-corrected chi connectivity index (χ0v) is 9.97. The lowest BCUT2D eigenvalue weighted by molar-refractivity contribution is -0.116. The Morgan fingerprint density at radius 3 is 2.65 bits per heavy atom. The number of hydrogen-bond donors (Lipinski definition) is 1. The third-order valence-electron chi connectivity index (χ3n) is 1.99. The van der Waals surface area contributed by atoms with Crippen molar-refractivity contribution in [2.75, 3.05) is 7.11 Å². The van der Waals surface area contributed by atoms with Crippen LogP contribution in [0.15, 0.2) is 46.1 Å². The number of rotatable bonds is 4. The van der Waals surface area contributed by atoms with Gasteiger partial charge in [-0.05, 0) is 24.6 Å². The number of carbonyl (C=O) groups is 1. The highest BCUT2D eigenvalue weighted by molar-refractivity contribution is 5.91. The van der Waals surface area contributed by atoms with Crippen molar-refractivity contribution in [3.8, 4) is 0 Å². The summed E-state index contributed by atoms with van der Waals surface area (Å²) in [7, 11) is 1.31.